The minimum absolute atomic E-state index is 0.0738. The molecule has 2 rings (SSSR count). The van der Waals surface area contributed by atoms with Gasteiger partial charge in [-0.3, -0.25) is 14.4 Å². The van der Waals surface area contributed by atoms with Gasteiger partial charge in [0.15, 0.2) is 0 Å². The van der Waals surface area contributed by atoms with E-state index in [2.05, 4.69) is 10.6 Å². The minimum atomic E-state index is -0.403. The topological polar surface area (TPSA) is 101 Å². The number of thioether (sulfide) groups is 1. The summed E-state index contributed by atoms with van der Waals surface area (Å²) in [5, 5.41) is 5.66. The first-order valence-electron chi connectivity index (χ1n) is 8.55. The highest BCUT2D eigenvalue weighted by molar-refractivity contribution is 8.00. The number of anilines is 1. The number of rotatable bonds is 8. The van der Waals surface area contributed by atoms with Crippen molar-refractivity contribution in [2.75, 3.05) is 11.1 Å². The van der Waals surface area contributed by atoms with E-state index in [1.807, 2.05) is 26.0 Å². The Morgan fingerprint density at radius 2 is 1.70 bits per heavy atom. The predicted molar refractivity (Wildman–Crippen MR) is 108 cm³/mol. The van der Waals surface area contributed by atoms with Gasteiger partial charge in [-0.15, -0.1) is 11.8 Å². The van der Waals surface area contributed by atoms with Crippen LogP contribution in [0.1, 0.15) is 29.8 Å². The van der Waals surface area contributed by atoms with Gasteiger partial charge in [-0.25, -0.2) is 0 Å². The molecule has 2 aromatic carbocycles. The molecule has 142 valence electrons. The van der Waals surface area contributed by atoms with Crippen molar-refractivity contribution in [2.24, 2.45) is 5.73 Å². The number of carbonyl (C=O) groups is 3. The highest BCUT2D eigenvalue weighted by Crippen LogP contribution is 2.23. The molecule has 0 aliphatic rings. The number of nitrogens with one attached hydrogen (secondary N) is 2. The van der Waals surface area contributed by atoms with Crippen LogP contribution in [0.15, 0.2) is 53.4 Å². The van der Waals surface area contributed by atoms with E-state index in [4.69, 9.17) is 5.73 Å². The third kappa shape index (κ3) is 6.79. The Morgan fingerprint density at radius 1 is 1.04 bits per heavy atom. The summed E-state index contributed by atoms with van der Waals surface area (Å²) < 4.78 is 0. The lowest BCUT2D eigenvalue weighted by atomic mass is 10.1. The van der Waals surface area contributed by atoms with Crippen LogP contribution >= 0.6 is 11.8 Å². The maximum Gasteiger partial charge on any atom is 0.256 e. The van der Waals surface area contributed by atoms with Gasteiger partial charge in [0, 0.05) is 16.6 Å². The molecular weight excluding hydrogens is 362 g/mol. The molecule has 0 fully saturated rings. The highest BCUT2D eigenvalue weighted by atomic mass is 32.2. The molecule has 0 aromatic heterocycles. The van der Waals surface area contributed by atoms with E-state index in [9.17, 15) is 14.4 Å². The van der Waals surface area contributed by atoms with Gasteiger partial charge in [-0.2, -0.15) is 0 Å². The van der Waals surface area contributed by atoms with Gasteiger partial charge in [0.05, 0.1) is 17.7 Å². The highest BCUT2D eigenvalue weighted by Gasteiger charge is 2.13. The summed E-state index contributed by atoms with van der Waals surface area (Å²) in [6, 6.07) is 14.2. The summed E-state index contributed by atoms with van der Waals surface area (Å²) in [7, 11) is 0. The molecule has 4 N–H and O–H groups in total. The lowest BCUT2D eigenvalue weighted by molar-refractivity contribution is -0.119. The second-order valence-corrected chi connectivity index (χ2v) is 7.32. The molecule has 0 aliphatic carbocycles. The van der Waals surface area contributed by atoms with Crippen molar-refractivity contribution in [3.8, 4) is 0 Å². The summed E-state index contributed by atoms with van der Waals surface area (Å²) in [4.78, 5) is 36.1. The van der Waals surface area contributed by atoms with E-state index in [0.717, 1.165) is 10.5 Å². The fourth-order valence-electron chi connectivity index (χ4n) is 2.39. The maximum absolute atomic E-state index is 12.6. The van der Waals surface area contributed by atoms with Crippen LogP contribution in [0, 0.1) is 0 Å². The minimum Gasteiger partial charge on any atom is -0.369 e. The quantitative estimate of drug-likeness (QED) is 0.608. The van der Waals surface area contributed by atoms with Crippen molar-refractivity contribution in [2.45, 2.75) is 31.2 Å². The normalized spacial score (nSPS) is 10.5. The molecule has 0 bridgehead atoms. The zero-order chi connectivity index (χ0) is 19.8. The molecule has 0 saturated heterocycles. The van der Waals surface area contributed by atoms with E-state index in [1.54, 1.807) is 36.4 Å². The second kappa shape index (κ2) is 9.78. The van der Waals surface area contributed by atoms with Crippen molar-refractivity contribution in [3.05, 3.63) is 59.7 Å². The van der Waals surface area contributed by atoms with Gasteiger partial charge in [-0.1, -0.05) is 24.3 Å². The van der Waals surface area contributed by atoms with Crippen LogP contribution in [0.3, 0.4) is 0 Å². The molecule has 0 heterocycles. The van der Waals surface area contributed by atoms with Crippen molar-refractivity contribution < 1.29 is 14.4 Å². The van der Waals surface area contributed by atoms with Gasteiger partial charge in [-0.05, 0) is 43.7 Å². The molecule has 0 spiro atoms. The SMILES string of the molecule is CC(C)NC(=O)CSc1ccccc1C(=O)Nc1ccc(CC(N)=O)cc1. The summed E-state index contributed by atoms with van der Waals surface area (Å²) >= 11 is 1.32. The first kappa shape index (κ1) is 20.5. The van der Waals surface area contributed by atoms with Crippen LogP contribution in [-0.4, -0.2) is 29.5 Å². The molecule has 2 aromatic rings. The van der Waals surface area contributed by atoms with Gasteiger partial charge < -0.3 is 16.4 Å². The smallest absolute Gasteiger partial charge is 0.256 e. The first-order valence-corrected chi connectivity index (χ1v) is 9.53. The van der Waals surface area contributed by atoms with Crippen LogP contribution in [0.25, 0.3) is 0 Å². The second-order valence-electron chi connectivity index (χ2n) is 6.30. The Kier molecular flexibility index (Phi) is 7.43. The van der Waals surface area contributed by atoms with Crippen LogP contribution in [0.5, 0.6) is 0 Å². The van der Waals surface area contributed by atoms with Crippen molar-refractivity contribution in [1.82, 2.24) is 5.32 Å². The number of carbonyl (C=O) groups excluding carboxylic acids is 3. The van der Waals surface area contributed by atoms with Gasteiger partial charge in [0.25, 0.3) is 5.91 Å². The molecule has 7 heteroatoms. The maximum atomic E-state index is 12.6. The van der Waals surface area contributed by atoms with Crippen LogP contribution in [0.2, 0.25) is 0 Å². The largest absolute Gasteiger partial charge is 0.369 e. The van der Waals surface area contributed by atoms with Gasteiger partial charge in [0.2, 0.25) is 11.8 Å². The van der Waals surface area contributed by atoms with E-state index in [-0.39, 0.29) is 30.0 Å². The average Bonchev–Trinajstić information content (AvgIpc) is 2.61. The average molecular weight is 385 g/mol. The third-order valence-corrected chi connectivity index (χ3v) is 4.60. The summed E-state index contributed by atoms with van der Waals surface area (Å²) in [6.07, 6.45) is 0.159. The molecular formula is C20H23N3O3S. The number of benzene rings is 2. The summed E-state index contributed by atoms with van der Waals surface area (Å²) in [5.74, 6) is -0.496. The third-order valence-electron chi connectivity index (χ3n) is 3.53. The van der Waals surface area contributed by atoms with E-state index in [0.29, 0.717) is 11.3 Å². The number of hydrogen-bond donors (Lipinski definition) is 3. The number of amides is 3. The number of hydrogen-bond acceptors (Lipinski definition) is 4. The van der Waals surface area contributed by atoms with Crippen molar-refractivity contribution in [1.29, 1.82) is 0 Å². The van der Waals surface area contributed by atoms with Crippen LogP contribution < -0.4 is 16.4 Å². The lowest BCUT2D eigenvalue weighted by Gasteiger charge is -2.11. The van der Waals surface area contributed by atoms with Crippen molar-refractivity contribution in [3.63, 3.8) is 0 Å². The van der Waals surface area contributed by atoms with Gasteiger partial charge in [0.1, 0.15) is 0 Å². The van der Waals surface area contributed by atoms with Gasteiger partial charge >= 0.3 is 0 Å². The summed E-state index contributed by atoms with van der Waals surface area (Å²) in [6.45, 7) is 3.80. The fraction of sp³-hybridized carbons (Fsp3) is 0.250. The molecule has 6 nitrogen and oxygen atoms in total. The standard InChI is InChI=1S/C20H23N3O3S/c1-13(2)22-19(25)12-27-17-6-4-3-5-16(17)20(26)23-15-9-7-14(8-10-15)11-18(21)24/h3-10,13H,11-12H2,1-2H3,(H2,21,24)(H,22,25)(H,23,26). The van der Waals surface area contributed by atoms with Crippen LogP contribution in [-0.2, 0) is 16.0 Å². The Balaban J connectivity index is 2.03. The zero-order valence-corrected chi connectivity index (χ0v) is 16.1. The molecule has 0 aliphatic heterocycles. The van der Waals surface area contributed by atoms with E-state index in [1.165, 1.54) is 11.8 Å². The molecule has 0 atom stereocenters. The molecule has 0 radical (unpaired) electrons. The molecule has 0 saturated carbocycles. The molecule has 0 unspecified atom stereocenters. The van der Waals surface area contributed by atoms with E-state index >= 15 is 0 Å². The van der Waals surface area contributed by atoms with E-state index < -0.39 is 5.91 Å². The first-order chi connectivity index (χ1) is 12.8. The number of primary amides is 1. The molecule has 27 heavy (non-hydrogen) atoms. The summed E-state index contributed by atoms with van der Waals surface area (Å²) in [5.41, 5.74) is 7.07. The fourth-order valence-corrected chi connectivity index (χ4v) is 3.25. The lowest BCUT2D eigenvalue weighted by Crippen LogP contribution is -2.31. The Hall–Kier alpha value is -2.80. The predicted octanol–water partition coefficient (Wildman–Crippen LogP) is 2.58. The monoisotopic (exact) mass is 385 g/mol. The number of nitrogens with two attached hydrogens (primary N) is 1. The Morgan fingerprint density at radius 3 is 2.33 bits per heavy atom. The van der Waals surface area contributed by atoms with Crippen LogP contribution in [0.4, 0.5) is 5.69 Å². The molecule has 3 amide bonds. The van der Waals surface area contributed by atoms with Crippen molar-refractivity contribution >= 4 is 35.2 Å². The Labute approximate surface area is 162 Å². The zero-order valence-electron chi connectivity index (χ0n) is 15.3. The Bertz CT molecular complexity index is 819.